The summed E-state index contributed by atoms with van der Waals surface area (Å²) in [6.07, 6.45) is 0. The zero-order valence-electron chi connectivity index (χ0n) is 21.8. The molecule has 1 aromatic heterocycles. The third-order valence-electron chi connectivity index (χ3n) is 7.04. The van der Waals surface area contributed by atoms with Crippen molar-refractivity contribution < 1.29 is 14.2 Å². The van der Waals surface area contributed by atoms with Crippen molar-refractivity contribution in [3.8, 4) is 11.5 Å². The number of piperazine rings is 1. The predicted octanol–water partition coefficient (Wildman–Crippen LogP) is 2.90. The lowest BCUT2D eigenvalue weighted by molar-refractivity contribution is 0.122. The third kappa shape index (κ3) is 6.26. The van der Waals surface area contributed by atoms with E-state index in [2.05, 4.69) is 61.7 Å². The maximum Gasteiger partial charge on any atom is 0.232 e. The van der Waals surface area contributed by atoms with Crippen LogP contribution in [-0.4, -0.2) is 80.8 Å². The molecule has 11 heteroatoms. The van der Waals surface area contributed by atoms with Crippen molar-refractivity contribution in [2.45, 2.75) is 6.54 Å². The Morgan fingerprint density at radius 1 is 0.744 bits per heavy atom. The first-order valence-electron chi connectivity index (χ1n) is 13.4. The van der Waals surface area contributed by atoms with Gasteiger partial charge in [-0.25, -0.2) is 0 Å². The summed E-state index contributed by atoms with van der Waals surface area (Å²) in [5.41, 5.74) is 2.30. The van der Waals surface area contributed by atoms with E-state index in [1.54, 1.807) is 0 Å². The summed E-state index contributed by atoms with van der Waals surface area (Å²) in [5.74, 6) is 3.80. The molecule has 2 N–H and O–H groups in total. The van der Waals surface area contributed by atoms with Gasteiger partial charge in [-0.05, 0) is 42.0 Å². The van der Waals surface area contributed by atoms with Gasteiger partial charge in [0.25, 0.3) is 0 Å². The average Bonchev–Trinajstić information content (AvgIpc) is 3.01. The summed E-state index contributed by atoms with van der Waals surface area (Å²) in [6.45, 7) is 8.26. The molecule has 0 aliphatic carbocycles. The molecule has 39 heavy (non-hydrogen) atoms. The molecule has 0 atom stereocenters. The van der Waals surface area contributed by atoms with E-state index in [4.69, 9.17) is 36.4 Å². The number of fused-ring (bicyclic) bond motifs is 1. The lowest BCUT2D eigenvalue weighted by Crippen LogP contribution is -2.47. The largest absolute Gasteiger partial charge is 0.486 e. The van der Waals surface area contributed by atoms with Gasteiger partial charge >= 0.3 is 0 Å². The van der Waals surface area contributed by atoms with Crippen LogP contribution in [0.3, 0.4) is 0 Å². The highest BCUT2D eigenvalue weighted by Gasteiger charge is 2.22. The van der Waals surface area contributed by atoms with Crippen molar-refractivity contribution >= 4 is 40.6 Å². The zero-order valence-corrected chi connectivity index (χ0v) is 22.7. The minimum absolute atomic E-state index is 0.462. The summed E-state index contributed by atoms with van der Waals surface area (Å²) in [6, 6.07) is 18.6. The number of aromatic nitrogens is 2. The molecular formula is C28H33N7O3S. The molecule has 0 amide bonds. The smallest absolute Gasteiger partial charge is 0.232 e. The van der Waals surface area contributed by atoms with Crippen molar-refractivity contribution in [3.05, 3.63) is 60.2 Å². The number of morpholine rings is 1. The number of rotatable bonds is 6. The van der Waals surface area contributed by atoms with E-state index in [-0.39, 0.29) is 0 Å². The maximum atomic E-state index is 5.70. The first-order valence-corrected chi connectivity index (χ1v) is 13.8. The van der Waals surface area contributed by atoms with E-state index in [0.717, 1.165) is 68.0 Å². The number of nitrogens with zero attached hydrogens (tertiary/aromatic N) is 5. The average molecular weight is 548 g/mol. The fourth-order valence-corrected chi connectivity index (χ4v) is 5.12. The van der Waals surface area contributed by atoms with Crippen LogP contribution in [0.4, 0.5) is 23.3 Å². The fourth-order valence-electron chi connectivity index (χ4n) is 4.95. The molecule has 0 radical (unpaired) electrons. The number of hydrogen-bond donors (Lipinski definition) is 2. The number of nitrogens with one attached hydrogen (secondary N) is 2. The van der Waals surface area contributed by atoms with Crippen LogP contribution in [0.1, 0.15) is 5.56 Å². The standard InChI is InChI=1S/C28H33N7O3S/c39-28(29-20-21-6-7-23-24(18-21)38-17-16-37-23)32-27-30-25(19-26(31-27)35-12-14-36-15-13-35)34-10-8-33(9-11-34)22-4-2-1-3-5-22/h1-7,18-19H,8-17,20H2,(H2,29,30,31,32,39). The van der Waals surface area contributed by atoms with Gasteiger partial charge in [-0.3, -0.25) is 0 Å². The van der Waals surface area contributed by atoms with Crippen LogP contribution in [0.5, 0.6) is 11.5 Å². The Labute approximate surface area is 233 Å². The van der Waals surface area contributed by atoms with Crippen molar-refractivity contribution in [2.75, 3.05) is 85.7 Å². The number of anilines is 4. The van der Waals surface area contributed by atoms with E-state index < -0.39 is 0 Å². The highest BCUT2D eigenvalue weighted by atomic mass is 32.1. The Bertz CT molecular complexity index is 1280. The van der Waals surface area contributed by atoms with Gasteiger partial charge in [-0.2, -0.15) is 9.97 Å². The number of thiocarbonyl (C=S) groups is 1. The summed E-state index contributed by atoms with van der Waals surface area (Å²) in [4.78, 5) is 16.7. The van der Waals surface area contributed by atoms with E-state index in [0.29, 0.717) is 44.0 Å². The second kappa shape index (κ2) is 11.9. The van der Waals surface area contributed by atoms with Gasteiger partial charge in [-0.1, -0.05) is 24.3 Å². The van der Waals surface area contributed by atoms with Crippen LogP contribution < -0.4 is 34.8 Å². The summed E-state index contributed by atoms with van der Waals surface area (Å²) in [7, 11) is 0. The summed E-state index contributed by atoms with van der Waals surface area (Å²) >= 11 is 5.61. The highest BCUT2D eigenvalue weighted by molar-refractivity contribution is 7.80. The van der Waals surface area contributed by atoms with E-state index >= 15 is 0 Å². The topological polar surface area (TPSA) is 87.2 Å². The molecule has 3 aliphatic rings. The second-order valence-electron chi connectivity index (χ2n) is 9.60. The van der Waals surface area contributed by atoms with Crippen LogP contribution >= 0.6 is 12.2 Å². The Morgan fingerprint density at radius 2 is 1.41 bits per heavy atom. The van der Waals surface area contributed by atoms with Crippen LogP contribution in [0.15, 0.2) is 54.6 Å². The lowest BCUT2D eigenvalue weighted by Gasteiger charge is -2.37. The molecule has 0 bridgehead atoms. The van der Waals surface area contributed by atoms with Crippen LogP contribution in [0.25, 0.3) is 0 Å². The Kier molecular flexibility index (Phi) is 7.78. The molecule has 204 valence electrons. The van der Waals surface area contributed by atoms with Gasteiger partial charge in [0.05, 0.1) is 13.2 Å². The van der Waals surface area contributed by atoms with Crippen LogP contribution in [0, 0.1) is 0 Å². The van der Waals surface area contributed by atoms with Crippen molar-refractivity contribution in [1.82, 2.24) is 15.3 Å². The second-order valence-corrected chi connectivity index (χ2v) is 10.0. The third-order valence-corrected chi connectivity index (χ3v) is 7.29. The van der Waals surface area contributed by atoms with Crippen LogP contribution in [0.2, 0.25) is 0 Å². The van der Waals surface area contributed by atoms with E-state index in [1.807, 2.05) is 18.2 Å². The summed E-state index contributed by atoms with van der Waals surface area (Å²) < 4.78 is 16.9. The maximum absolute atomic E-state index is 5.70. The van der Waals surface area contributed by atoms with E-state index in [1.165, 1.54) is 5.69 Å². The summed E-state index contributed by atoms with van der Waals surface area (Å²) in [5, 5.41) is 6.94. The quantitative estimate of drug-likeness (QED) is 0.447. The van der Waals surface area contributed by atoms with Gasteiger partial charge < -0.3 is 39.5 Å². The molecule has 2 aromatic carbocycles. The molecule has 6 rings (SSSR count). The lowest BCUT2D eigenvalue weighted by atomic mass is 10.2. The van der Waals surface area contributed by atoms with Crippen molar-refractivity contribution in [1.29, 1.82) is 0 Å². The molecule has 2 saturated heterocycles. The van der Waals surface area contributed by atoms with Gasteiger partial charge in [-0.15, -0.1) is 0 Å². The minimum atomic E-state index is 0.462. The van der Waals surface area contributed by atoms with Crippen molar-refractivity contribution in [3.63, 3.8) is 0 Å². The monoisotopic (exact) mass is 547 g/mol. The first-order chi connectivity index (χ1) is 19.2. The molecule has 0 unspecified atom stereocenters. The molecule has 3 aromatic rings. The number of ether oxygens (including phenoxy) is 3. The van der Waals surface area contributed by atoms with Gasteiger partial charge in [0, 0.05) is 57.6 Å². The Hall–Kier alpha value is -3.83. The molecule has 0 saturated carbocycles. The highest BCUT2D eigenvalue weighted by Crippen LogP contribution is 2.30. The number of benzene rings is 2. The van der Waals surface area contributed by atoms with Gasteiger partial charge in [0.15, 0.2) is 16.6 Å². The number of para-hydroxylation sites is 1. The molecule has 4 heterocycles. The van der Waals surface area contributed by atoms with E-state index in [9.17, 15) is 0 Å². The Balaban J connectivity index is 1.14. The fraction of sp³-hybridized carbons (Fsp3) is 0.393. The Morgan fingerprint density at radius 3 is 2.15 bits per heavy atom. The van der Waals surface area contributed by atoms with Crippen molar-refractivity contribution in [2.24, 2.45) is 0 Å². The first kappa shape index (κ1) is 25.4. The normalized spacial score (nSPS) is 17.1. The zero-order chi connectivity index (χ0) is 26.4. The van der Waals surface area contributed by atoms with Gasteiger partial charge in [0.2, 0.25) is 5.95 Å². The molecule has 2 fully saturated rings. The predicted molar refractivity (Wildman–Crippen MR) is 156 cm³/mol. The molecular weight excluding hydrogens is 514 g/mol. The minimum Gasteiger partial charge on any atom is -0.486 e. The SMILES string of the molecule is S=C(NCc1ccc2c(c1)OCCO2)Nc1nc(N2CCOCC2)cc(N2CCN(c3ccccc3)CC2)n1. The van der Waals surface area contributed by atoms with Gasteiger partial charge in [0.1, 0.15) is 24.8 Å². The number of hydrogen-bond acceptors (Lipinski definition) is 9. The molecule has 0 spiro atoms. The van der Waals surface area contributed by atoms with Crippen LogP contribution in [-0.2, 0) is 11.3 Å². The molecule has 10 nitrogen and oxygen atoms in total. The molecule has 3 aliphatic heterocycles.